The summed E-state index contributed by atoms with van der Waals surface area (Å²) in [4.78, 5) is 12.1. The van der Waals surface area contributed by atoms with Gasteiger partial charge in [0.25, 0.3) is 0 Å². The van der Waals surface area contributed by atoms with E-state index in [0.29, 0.717) is 5.69 Å². The molecule has 4 nitrogen and oxygen atoms in total. The summed E-state index contributed by atoms with van der Waals surface area (Å²) < 4.78 is 24.2. The topological polar surface area (TPSA) is 63.2 Å². The van der Waals surface area contributed by atoms with Crippen LogP contribution in [0.4, 0.5) is 5.69 Å². The van der Waals surface area contributed by atoms with Crippen molar-refractivity contribution < 1.29 is 13.2 Å². The highest BCUT2D eigenvalue weighted by molar-refractivity contribution is 7.91. The molecule has 0 fully saturated rings. The summed E-state index contributed by atoms with van der Waals surface area (Å²) in [5, 5.41) is 2.71. The SMILES string of the molecule is CCc1ccc(NC(=O)CCS(=O)(=O)c2ccccc2)cc1. The molecule has 0 radical (unpaired) electrons. The minimum atomic E-state index is -3.42. The first-order chi connectivity index (χ1) is 10.5. The Hall–Kier alpha value is -2.14. The molecule has 0 bridgehead atoms. The molecule has 0 aliphatic rings. The van der Waals surface area contributed by atoms with E-state index in [4.69, 9.17) is 0 Å². The highest BCUT2D eigenvalue weighted by Gasteiger charge is 2.16. The molecule has 1 N–H and O–H groups in total. The number of rotatable bonds is 6. The van der Waals surface area contributed by atoms with Gasteiger partial charge in [0, 0.05) is 12.1 Å². The summed E-state index contributed by atoms with van der Waals surface area (Å²) in [6.07, 6.45) is 0.871. The van der Waals surface area contributed by atoms with Crippen LogP contribution in [0, 0.1) is 0 Å². The summed E-state index contributed by atoms with van der Waals surface area (Å²) in [6.45, 7) is 2.06. The Kier molecular flexibility index (Phi) is 5.33. The van der Waals surface area contributed by atoms with Gasteiger partial charge >= 0.3 is 0 Å². The van der Waals surface area contributed by atoms with Crippen LogP contribution in [-0.2, 0) is 21.1 Å². The molecule has 5 heteroatoms. The van der Waals surface area contributed by atoms with Crippen molar-refractivity contribution in [1.82, 2.24) is 0 Å². The van der Waals surface area contributed by atoms with E-state index in [-0.39, 0.29) is 23.0 Å². The van der Waals surface area contributed by atoms with Crippen LogP contribution in [0.3, 0.4) is 0 Å². The molecule has 0 atom stereocenters. The maximum atomic E-state index is 12.1. The van der Waals surface area contributed by atoms with E-state index in [0.717, 1.165) is 6.42 Å². The van der Waals surface area contributed by atoms with Crippen LogP contribution in [0.25, 0.3) is 0 Å². The van der Waals surface area contributed by atoms with Gasteiger partial charge in [-0.1, -0.05) is 37.3 Å². The van der Waals surface area contributed by atoms with Gasteiger partial charge in [-0.25, -0.2) is 8.42 Å². The number of hydrogen-bond donors (Lipinski definition) is 1. The number of amides is 1. The zero-order valence-electron chi connectivity index (χ0n) is 12.5. The zero-order chi connectivity index (χ0) is 16.0. The molecule has 2 aromatic carbocycles. The van der Waals surface area contributed by atoms with Crippen LogP contribution in [0.5, 0.6) is 0 Å². The number of nitrogens with one attached hydrogen (secondary N) is 1. The summed E-state index contributed by atoms with van der Waals surface area (Å²) in [5.41, 5.74) is 1.86. The van der Waals surface area contributed by atoms with Crippen LogP contribution in [0.15, 0.2) is 59.5 Å². The van der Waals surface area contributed by atoms with Crippen molar-refractivity contribution in [3.05, 3.63) is 60.2 Å². The average Bonchev–Trinajstić information content (AvgIpc) is 2.55. The summed E-state index contributed by atoms with van der Waals surface area (Å²) >= 11 is 0. The molecule has 0 saturated heterocycles. The lowest BCUT2D eigenvalue weighted by Crippen LogP contribution is -2.17. The molecule has 2 aromatic rings. The van der Waals surface area contributed by atoms with Gasteiger partial charge in [0.05, 0.1) is 10.6 Å². The minimum Gasteiger partial charge on any atom is -0.326 e. The van der Waals surface area contributed by atoms with Crippen molar-refractivity contribution in [2.45, 2.75) is 24.7 Å². The van der Waals surface area contributed by atoms with E-state index in [1.165, 1.54) is 17.7 Å². The largest absolute Gasteiger partial charge is 0.326 e. The van der Waals surface area contributed by atoms with E-state index < -0.39 is 9.84 Å². The van der Waals surface area contributed by atoms with E-state index in [9.17, 15) is 13.2 Å². The third kappa shape index (κ3) is 4.43. The first-order valence-electron chi connectivity index (χ1n) is 7.18. The van der Waals surface area contributed by atoms with Crippen LogP contribution in [0.2, 0.25) is 0 Å². The highest BCUT2D eigenvalue weighted by atomic mass is 32.2. The van der Waals surface area contributed by atoms with Gasteiger partial charge in [0.2, 0.25) is 5.91 Å². The van der Waals surface area contributed by atoms with E-state index >= 15 is 0 Å². The smallest absolute Gasteiger partial charge is 0.225 e. The van der Waals surface area contributed by atoms with Crippen molar-refractivity contribution in [2.75, 3.05) is 11.1 Å². The molecule has 0 aromatic heterocycles. The quantitative estimate of drug-likeness (QED) is 0.890. The standard InChI is InChI=1S/C17H19NO3S/c1-2-14-8-10-15(11-9-14)18-17(19)12-13-22(20,21)16-6-4-3-5-7-16/h3-11H,2,12-13H2,1H3,(H,18,19). The van der Waals surface area contributed by atoms with E-state index in [1.54, 1.807) is 18.2 Å². The van der Waals surface area contributed by atoms with Gasteiger partial charge in [-0.2, -0.15) is 0 Å². The van der Waals surface area contributed by atoms with Gasteiger partial charge in [-0.05, 0) is 36.2 Å². The fourth-order valence-electron chi connectivity index (χ4n) is 2.02. The Morgan fingerprint density at radius 1 is 1.00 bits per heavy atom. The van der Waals surface area contributed by atoms with Crippen molar-refractivity contribution in [3.8, 4) is 0 Å². The molecule has 2 rings (SSSR count). The second kappa shape index (κ2) is 7.22. The van der Waals surface area contributed by atoms with Crippen LogP contribution in [0.1, 0.15) is 18.9 Å². The second-order valence-corrected chi connectivity index (χ2v) is 7.09. The lowest BCUT2D eigenvalue weighted by Gasteiger charge is -2.07. The fourth-order valence-corrected chi connectivity index (χ4v) is 3.28. The third-order valence-corrected chi connectivity index (χ3v) is 5.08. The summed E-state index contributed by atoms with van der Waals surface area (Å²) in [7, 11) is -3.42. The maximum Gasteiger partial charge on any atom is 0.225 e. The zero-order valence-corrected chi connectivity index (χ0v) is 13.3. The van der Waals surface area contributed by atoms with Gasteiger partial charge in [0.1, 0.15) is 0 Å². The van der Waals surface area contributed by atoms with Crippen molar-refractivity contribution in [1.29, 1.82) is 0 Å². The molecule has 0 unspecified atom stereocenters. The van der Waals surface area contributed by atoms with Crippen molar-refractivity contribution >= 4 is 21.4 Å². The molecular formula is C17H19NO3S. The maximum absolute atomic E-state index is 12.1. The molecule has 0 aliphatic carbocycles. The fraction of sp³-hybridized carbons (Fsp3) is 0.235. The number of carbonyl (C=O) groups is 1. The molecule has 22 heavy (non-hydrogen) atoms. The van der Waals surface area contributed by atoms with Crippen LogP contribution < -0.4 is 5.32 Å². The predicted octanol–water partition coefficient (Wildman–Crippen LogP) is 3.05. The third-order valence-electron chi connectivity index (χ3n) is 3.35. The van der Waals surface area contributed by atoms with Gasteiger partial charge < -0.3 is 5.32 Å². The number of hydrogen-bond acceptors (Lipinski definition) is 3. The first-order valence-corrected chi connectivity index (χ1v) is 8.83. The van der Waals surface area contributed by atoms with Crippen LogP contribution in [-0.4, -0.2) is 20.1 Å². The molecule has 116 valence electrons. The molecule has 0 saturated carbocycles. The van der Waals surface area contributed by atoms with E-state index in [2.05, 4.69) is 12.2 Å². The van der Waals surface area contributed by atoms with E-state index in [1.807, 2.05) is 24.3 Å². The number of sulfone groups is 1. The summed E-state index contributed by atoms with van der Waals surface area (Å²) in [6, 6.07) is 15.7. The Morgan fingerprint density at radius 2 is 1.64 bits per heavy atom. The highest BCUT2D eigenvalue weighted by Crippen LogP contribution is 2.13. The molecule has 0 heterocycles. The molecule has 0 spiro atoms. The normalized spacial score (nSPS) is 11.1. The number of aryl methyl sites for hydroxylation is 1. The molecule has 1 amide bonds. The van der Waals surface area contributed by atoms with Gasteiger partial charge in [0.15, 0.2) is 9.84 Å². The molecule has 0 aliphatic heterocycles. The van der Waals surface area contributed by atoms with Crippen LogP contribution >= 0.6 is 0 Å². The lowest BCUT2D eigenvalue weighted by atomic mass is 10.1. The Balaban J connectivity index is 1.92. The summed E-state index contributed by atoms with van der Waals surface area (Å²) in [5.74, 6) is -0.501. The number of benzene rings is 2. The van der Waals surface area contributed by atoms with Crippen molar-refractivity contribution in [3.63, 3.8) is 0 Å². The van der Waals surface area contributed by atoms with Gasteiger partial charge in [-0.15, -0.1) is 0 Å². The Bertz CT molecular complexity index is 722. The Morgan fingerprint density at radius 3 is 2.23 bits per heavy atom. The Labute approximate surface area is 131 Å². The predicted molar refractivity (Wildman–Crippen MR) is 87.6 cm³/mol. The monoisotopic (exact) mass is 317 g/mol. The minimum absolute atomic E-state index is 0.0627. The average molecular weight is 317 g/mol. The second-order valence-electron chi connectivity index (χ2n) is 4.98. The van der Waals surface area contributed by atoms with Gasteiger partial charge in [-0.3, -0.25) is 4.79 Å². The molecular weight excluding hydrogens is 298 g/mol. The van der Waals surface area contributed by atoms with Crippen molar-refractivity contribution in [2.24, 2.45) is 0 Å². The number of anilines is 1. The lowest BCUT2D eigenvalue weighted by molar-refractivity contribution is -0.115. The number of carbonyl (C=O) groups excluding carboxylic acids is 1. The first kappa shape index (κ1) is 16.2.